The van der Waals surface area contributed by atoms with Gasteiger partial charge in [0.25, 0.3) is 0 Å². The quantitative estimate of drug-likeness (QED) is 0.315. The van der Waals surface area contributed by atoms with E-state index in [4.69, 9.17) is 4.74 Å². The van der Waals surface area contributed by atoms with Gasteiger partial charge < -0.3 is 4.74 Å². The Morgan fingerprint density at radius 3 is 2.41 bits per heavy atom. The Labute approximate surface area is 176 Å². The SMILES string of the molecule is CCOC(=O)c1ccc(/C=C(\C)c2ccc3c(c2)C(C)C(C)CC(C)(C)C3)cc1. The summed E-state index contributed by atoms with van der Waals surface area (Å²) < 4.78 is 5.06. The Kier molecular flexibility index (Phi) is 6.31. The predicted octanol–water partition coefficient (Wildman–Crippen LogP) is 7.14. The van der Waals surface area contributed by atoms with E-state index in [1.165, 1.54) is 28.7 Å². The first-order chi connectivity index (χ1) is 13.7. The zero-order valence-electron chi connectivity index (χ0n) is 18.7. The summed E-state index contributed by atoms with van der Waals surface area (Å²) in [6.07, 6.45) is 4.60. The van der Waals surface area contributed by atoms with E-state index < -0.39 is 0 Å². The number of hydrogen-bond donors (Lipinski definition) is 0. The third kappa shape index (κ3) is 4.98. The smallest absolute Gasteiger partial charge is 0.338 e. The Bertz CT molecular complexity index is 903. The minimum absolute atomic E-state index is 0.267. The van der Waals surface area contributed by atoms with Crippen molar-refractivity contribution >= 4 is 17.6 Å². The highest BCUT2D eigenvalue weighted by Gasteiger charge is 2.31. The number of hydrogen-bond acceptors (Lipinski definition) is 2. The van der Waals surface area contributed by atoms with E-state index >= 15 is 0 Å². The van der Waals surface area contributed by atoms with Crippen LogP contribution in [0.3, 0.4) is 0 Å². The van der Waals surface area contributed by atoms with Crippen molar-refractivity contribution in [2.45, 2.75) is 60.3 Å². The molecule has 1 aliphatic carbocycles. The molecule has 0 saturated carbocycles. The van der Waals surface area contributed by atoms with Crippen LogP contribution in [0.5, 0.6) is 0 Å². The van der Waals surface area contributed by atoms with Crippen molar-refractivity contribution in [2.75, 3.05) is 6.61 Å². The predicted molar refractivity (Wildman–Crippen MR) is 122 cm³/mol. The number of ether oxygens (including phenoxy) is 1. The van der Waals surface area contributed by atoms with Crippen LogP contribution in [-0.2, 0) is 11.2 Å². The molecule has 2 aromatic carbocycles. The van der Waals surface area contributed by atoms with E-state index in [9.17, 15) is 4.79 Å². The van der Waals surface area contributed by atoms with Crippen LogP contribution in [0.1, 0.15) is 86.5 Å². The molecular formula is C27H34O2. The topological polar surface area (TPSA) is 26.3 Å². The normalized spacial score (nSPS) is 21.2. The molecule has 0 saturated heterocycles. The lowest BCUT2D eigenvalue weighted by Gasteiger charge is -2.26. The second-order valence-electron chi connectivity index (χ2n) is 9.39. The van der Waals surface area contributed by atoms with E-state index in [-0.39, 0.29) is 5.97 Å². The van der Waals surface area contributed by atoms with Crippen LogP contribution >= 0.6 is 0 Å². The zero-order chi connectivity index (χ0) is 21.2. The lowest BCUT2D eigenvalue weighted by atomic mass is 9.79. The van der Waals surface area contributed by atoms with Gasteiger partial charge in [-0.05, 0) is 83.9 Å². The van der Waals surface area contributed by atoms with Gasteiger partial charge in [-0.15, -0.1) is 0 Å². The highest BCUT2D eigenvalue weighted by atomic mass is 16.5. The van der Waals surface area contributed by atoms with E-state index in [1.54, 1.807) is 0 Å². The molecule has 2 unspecified atom stereocenters. The molecule has 0 heterocycles. The van der Waals surface area contributed by atoms with Crippen molar-refractivity contribution in [1.82, 2.24) is 0 Å². The maximum Gasteiger partial charge on any atom is 0.338 e. The van der Waals surface area contributed by atoms with Gasteiger partial charge in [0.2, 0.25) is 0 Å². The number of esters is 1. The van der Waals surface area contributed by atoms with Crippen LogP contribution in [0.25, 0.3) is 11.6 Å². The maximum atomic E-state index is 11.8. The van der Waals surface area contributed by atoms with Crippen molar-refractivity contribution in [3.8, 4) is 0 Å². The summed E-state index contributed by atoms with van der Waals surface area (Å²) in [6.45, 7) is 13.9. The Hall–Kier alpha value is -2.35. The molecule has 0 spiro atoms. The molecule has 1 aliphatic rings. The lowest BCUT2D eigenvalue weighted by molar-refractivity contribution is 0.0526. The van der Waals surface area contributed by atoms with E-state index in [0.717, 1.165) is 12.0 Å². The fraction of sp³-hybridized carbons (Fsp3) is 0.444. The fourth-order valence-electron chi connectivity index (χ4n) is 4.63. The van der Waals surface area contributed by atoms with Crippen molar-refractivity contribution in [1.29, 1.82) is 0 Å². The number of fused-ring (bicyclic) bond motifs is 1. The monoisotopic (exact) mass is 390 g/mol. The minimum atomic E-state index is -0.267. The molecular weight excluding hydrogens is 356 g/mol. The number of allylic oxidation sites excluding steroid dienone is 1. The zero-order valence-corrected chi connectivity index (χ0v) is 18.7. The second-order valence-corrected chi connectivity index (χ2v) is 9.39. The van der Waals surface area contributed by atoms with Crippen LogP contribution in [-0.4, -0.2) is 12.6 Å². The van der Waals surface area contributed by atoms with Gasteiger partial charge in [-0.3, -0.25) is 0 Å². The highest BCUT2D eigenvalue weighted by molar-refractivity contribution is 5.90. The molecule has 2 aromatic rings. The molecule has 2 heteroatoms. The first kappa shape index (κ1) is 21.4. The Morgan fingerprint density at radius 2 is 1.76 bits per heavy atom. The van der Waals surface area contributed by atoms with Gasteiger partial charge in [0, 0.05) is 0 Å². The first-order valence-electron chi connectivity index (χ1n) is 10.8. The van der Waals surface area contributed by atoms with Crippen molar-refractivity contribution in [3.05, 3.63) is 70.3 Å². The summed E-state index contributed by atoms with van der Waals surface area (Å²) in [6, 6.07) is 14.6. The largest absolute Gasteiger partial charge is 0.462 e. The molecule has 0 bridgehead atoms. The van der Waals surface area contributed by atoms with Crippen molar-refractivity contribution in [3.63, 3.8) is 0 Å². The standard InChI is InChI=1S/C27H34O2/c1-7-29-26(28)22-10-8-21(9-11-22)14-18(2)23-12-13-24-17-27(5,6)16-19(3)20(4)25(24)15-23/h8-15,19-20H,7,16-17H2,1-6H3/b18-14+. The number of rotatable bonds is 4. The summed E-state index contributed by atoms with van der Waals surface area (Å²) in [5, 5.41) is 0. The highest BCUT2D eigenvalue weighted by Crippen LogP contribution is 2.43. The molecule has 29 heavy (non-hydrogen) atoms. The molecule has 0 N–H and O–H groups in total. The molecule has 2 atom stereocenters. The van der Waals surface area contributed by atoms with Crippen LogP contribution in [0, 0.1) is 11.3 Å². The average Bonchev–Trinajstić information content (AvgIpc) is 2.75. The maximum absolute atomic E-state index is 11.8. The van der Waals surface area contributed by atoms with Gasteiger partial charge in [-0.25, -0.2) is 4.79 Å². The van der Waals surface area contributed by atoms with Gasteiger partial charge >= 0.3 is 5.97 Å². The summed E-state index contributed by atoms with van der Waals surface area (Å²) in [5.41, 5.74) is 7.56. The molecule has 3 rings (SSSR count). The summed E-state index contributed by atoms with van der Waals surface area (Å²) in [5.74, 6) is 0.987. The van der Waals surface area contributed by atoms with E-state index in [1.807, 2.05) is 31.2 Å². The van der Waals surface area contributed by atoms with Gasteiger partial charge in [-0.1, -0.05) is 64.1 Å². The summed E-state index contributed by atoms with van der Waals surface area (Å²) >= 11 is 0. The summed E-state index contributed by atoms with van der Waals surface area (Å²) in [7, 11) is 0. The summed E-state index contributed by atoms with van der Waals surface area (Å²) in [4.78, 5) is 11.8. The van der Waals surface area contributed by atoms with E-state index in [0.29, 0.717) is 29.4 Å². The molecule has 0 amide bonds. The van der Waals surface area contributed by atoms with Gasteiger partial charge in [0.1, 0.15) is 0 Å². The van der Waals surface area contributed by atoms with Crippen molar-refractivity contribution in [2.24, 2.45) is 11.3 Å². The lowest BCUT2D eigenvalue weighted by Crippen LogP contribution is -2.17. The molecule has 154 valence electrons. The second kappa shape index (κ2) is 8.57. The van der Waals surface area contributed by atoms with Gasteiger partial charge in [-0.2, -0.15) is 0 Å². The fourth-order valence-corrected chi connectivity index (χ4v) is 4.63. The average molecular weight is 391 g/mol. The first-order valence-corrected chi connectivity index (χ1v) is 10.8. The Morgan fingerprint density at radius 1 is 1.10 bits per heavy atom. The van der Waals surface area contributed by atoms with Crippen LogP contribution in [0.4, 0.5) is 0 Å². The van der Waals surface area contributed by atoms with Crippen LogP contribution < -0.4 is 0 Å². The van der Waals surface area contributed by atoms with E-state index in [2.05, 4.69) is 58.9 Å². The third-order valence-electron chi connectivity index (χ3n) is 6.29. The molecule has 0 radical (unpaired) electrons. The molecule has 2 nitrogen and oxygen atoms in total. The van der Waals surface area contributed by atoms with Crippen LogP contribution in [0.2, 0.25) is 0 Å². The van der Waals surface area contributed by atoms with Gasteiger partial charge in [0.15, 0.2) is 0 Å². The third-order valence-corrected chi connectivity index (χ3v) is 6.29. The number of benzene rings is 2. The molecule has 0 aromatic heterocycles. The molecule has 0 fully saturated rings. The molecule has 0 aliphatic heterocycles. The number of carbonyl (C=O) groups is 1. The van der Waals surface area contributed by atoms with Crippen LogP contribution in [0.15, 0.2) is 42.5 Å². The van der Waals surface area contributed by atoms with Crippen molar-refractivity contribution < 1.29 is 9.53 Å². The van der Waals surface area contributed by atoms with Gasteiger partial charge in [0.05, 0.1) is 12.2 Å². The Balaban J connectivity index is 1.87. The number of carbonyl (C=O) groups excluding carboxylic acids is 1. The minimum Gasteiger partial charge on any atom is -0.462 e.